The highest BCUT2D eigenvalue weighted by molar-refractivity contribution is 6.30. The molecule has 1 unspecified atom stereocenters. The summed E-state index contributed by atoms with van der Waals surface area (Å²) in [6.07, 6.45) is 5.46. The predicted molar refractivity (Wildman–Crippen MR) is 74.4 cm³/mol. The monoisotopic (exact) mass is 251 g/mol. The van der Waals surface area contributed by atoms with Gasteiger partial charge < -0.3 is 5.32 Å². The number of aryl methyl sites for hydroxylation is 1. The van der Waals surface area contributed by atoms with Gasteiger partial charge in [0, 0.05) is 17.6 Å². The number of hydrogen-bond donors (Lipinski definition) is 1. The smallest absolute Gasteiger partial charge is 0.0408 e. The molecule has 2 rings (SSSR count). The minimum atomic E-state index is 0.678. The number of hydrogen-bond acceptors (Lipinski definition) is 1. The van der Waals surface area contributed by atoms with Gasteiger partial charge in [-0.25, -0.2) is 0 Å². The van der Waals surface area contributed by atoms with Crippen LogP contribution in [-0.4, -0.2) is 6.04 Å². The Kier molecular flexibility index (Phi) is 4.47. The van der Waals surface area contributed by atoms with Crippen molar-refractivity contribution in [2.24, 2.45) is 5.92 Å². The van der Waals surface area contributed by atoms with E-state index >= 15 is 0 Å². The summed E-state index contributed by atoms with van der Waals surface area (Å²) in [7, 11) is 0. The zero-order valence-corrected chi connectivity index (χ0v) is 11.6. The standard InChI is InChI=1S/C15H22ClN/c1-3-15(9-12-4-5-12)17-10-13-6-7-14(16)8-11(13)2/h6-8,12,15,17H,3-5,9-10H2,1-2H3. The molecule has 1 atom stereocenters. The summed E-state index contributed by atoms with van der Waals surface area (Å²) in [6, 6.07) is 6.83. The summed E-state index contributed by atoms with van der Waals surface area (Å²) in [5.74, 6) is 0.999. The van der Waals surface area contributed by atoms with Gasteiger partial charge in [-0.15, -0.1) is 0 Å². The number of rotatable bonds is 6. The van der Waals surface area contributed by atoms with Crippen LogP contribution in [0.4, 0.5) is 0 Å². The first-order valence-electron chi connectivity index (χ1n) is 6.67. The SMILES string of the molecule is CCC(CC1CC1)NCc1ccc(Cl)cc1C. The first-order valence-corrected chi connectivity index (χ1v) is 7.05. The molecule has 94 valence electrons. The van der Waals surface area contributed by atoms with Gasteiger partial charge in [0.05, 0.1) is 0 Å². The fraction of sp³-hybridized carbons (Fsp3) is 0.600. The third-order valence-corrected chi connectivity index (χ3v) is 3.93. The average Bonchev–Trinajstić information content (AvgIpc) is 3.10. The van der Waals surface area contributed by atoms with E-state index in [2.05, 4.69) is 25.2 Å². The molecule has 0 aliphatic heterocycles. The maximum atomic E-state index is 5.96. The van der Waals surface area contributed by atoms with Gasteiger partial charge in [0.1, 0.15) is 0 Å². The molecule has 0 radical (unpaired) electrons. The molecule has 0 amide bonds. The van der Waals surface area contributed by atoms with Crippen LogP contribution in [0, 0.1) is 12.8 Å². The van der Waals surface area contributed by atoms with E-state index in [0.29, 0.717) is 6.04 Å². The Hall–Kier alpha value is -0.530. The van der Waals surface area contributed by atoms with Gasteiger partial charge in [-0.3, -0.25) is 0 Å². The van der Waals surface area contributed by atoms with Crippen molar-refractivity contribution >= 4 is 11.6 Å². The van der Waals surface area contributed by atoms with Crippen molar-refractivity contribution in [3.8, 4) is 0 Å². The lowest BCUT2D eigenvalue weighted by Gasteiger charge is -2.17. The van der Waals surface area contributed by atoms with Crippen molar-refractivity contribution in [2.45, 2.75) is 52.1 Å². The Bertz CT molecular complexity index is 371. The van der Waals surface area contributed by atoms with Crippen LogP contribution in [-0.2, 0) is 6.54 Å². The van der Waals surface area contributed by atoms with Crippen LogP contribution in [0.25, 0.3) is 0 Å². The predicted octanol–water partition coefficient (Wildman–Crippen LogP) is 4.32. The van der Waals surface area contributed by atoms with E-state index in [1.165, 1.54) is 36.8 Å². The minimum absolute atomic E-state index is 0.678. The van der Waals surface area contributed by atoms with Crippen molar-refractivity contribution in [3.63, 3.8) is 0 Å². The van der Waals surface area contributed by atoms with Gasteiger partial charge in [0.15, 0.2) is 0 Å². The van der Waals surface area contributed by atoms with Crippen LogP contribution in [0.3, 0.4) is 0 Å². The van der Waals surface area contributed by atoms with E-state index in [-0.39, 0.29) is 0 Å². The van der Waals surface area contributed by atoms with Crippen LogP contribution in [0.2, 0.25) is 5.02 Å². The Morgan fingerprint density at radius 1 is 1.41 bits per heavy atom. The average molecular weight is 252 g/mol. The number of halogens is 1. The quantitative estimate of drug-likeness (QED) is 0.794. The highest BCUT2D eigenvalue weighted by Gasteiger charge is 2.24. The molecule has 0 saturated heterocycles. The van der Waals surface area contributed by atoms with Gasteiger partial charge in [-0.05, 0) is 48.9 Å². The van der Waals surface area contributed by atoms with Crippen molar-refractivity contribution in [3.05, 3.63) is 34.3 Å². The molecule has 0 heterocycles. The number of nitrogens with one attached hydrogen (secondary N) is 1. The molecule has 1 saturated carbocycles. The largest absolute Gasteiger partial charge is 0.310 e. The second-order valence-corrected chi connectivity index (χ2v) is 5.67. The van der Waals surface area contributed by atoms with Crippen LogP contribution in [0.5, 0.6) is 0 Å². The fourth-order valence-electron chi connectivity index (χ4n) is 2.26. The van der Waals surface area contributed by atoms with Crippen molar-refractivity contribution in [1.82, 2.24) is 5.32 Å². The molecule has 1 aliphatic carbocycles. The van der Waals surface area contributed by atoms with Gasteiger partial charge in [0.2, 0.25) is 0 Å². The van der Waals surface area contributed by atoms with E-state index in [1.54, 1.807) is 0 Å². The molecule has 1 aromatic carbocycles. The first-order chi connectivity index (χ1) is 8.19. The highest BCUT2D eigenvalue weighted by atomic mass is 35.5. The van der Waals surface area contributed by atoms with E-state index in [1.807, 2.05) is 12.1 Å². The Labute approximate surface area is 110 Å². The highest BCUT2D eigenvalue weighted by Crippen LogP contribution is 2.34. The van der Waals surface area contributed by atoms with E-state index in [9.17, 15) is 0 Å². The summed E-state index contributed by atoms with van der Waals surface area (Å²) in [6.45, 7) is 5.37. The Balaban J connectivity index is 1.86. The topological polar surface area (TPSA) is 12.0 Å². The summed E-state index contributed by atoms with van der Waals surface area (Å²) < 4.78 is 0. The lowest BCUT2D eigenvalue weighted by Crippen LogP contribution is -2.28. The maximum Gasteiger partial charge on any atom is 0.0408 e. The van der Waals surface area contributed by atoms with Gasteiger partial charge in [0.25, 0.3) is 0 Å². The molecule has 1 N–H and O–H groups in total. The summed E-state index contributed by atoms with van der Waals surface area (Å²) in [4.78, 5) is 0. The Morgan fingerprint density at radius 3 is 2.76 bits per heavy atom. The van der Waals surface area contributed by atoms with Crippen LogP contribution in [0.1, 0.15) is 43.7 Å². The molecule has 0 spiro atoms. The lowest BCUT2D eigenvalue weighted by atomic mass is 10.1. The van der Waals surface area contributed by atoms with E-state index in [4.69, 9.17) is 11.6 Å². The van der Waals surface area contributed by atoms with Crippen LogP contribution >= 0.6 is 11.6 Å². The molecule has 17 heavy (non-hydrogen) atoms. The molecular weight excluding hydrogens is 230 g/mol. The summed E-state index contributed by atoms with van der Waals surface area (Å²) >= 11 is 5.96. The zero-order valence-electron chi connectivity index (χ0n) is 10.8. The minimum Gasteiger partial charge on any atom is -0.310 e. The molecule has 1 aliphatic rings. The first kappa shape index (κ1) is 12.9. The third-order valence-electron chi connectivity index (χ3n) is 3.69. The van der Waals surface area contributed by atoms with E-state index < -0.39 is 0 Å². The Morgan fingerprint density at radius 2 is 2.18 bits per heavy atom. The molecule has 1 aromatic rings. The summed E-state index contributed by atoms with van der Waals surface area (Å²) in [5, 5.41) is 4.50. The molecule has 0 bridgehead atoms. The maximum absolute atomic E-state index is 5.96. The van der Waals surface area contributed by atoms with Crippen LogP contribution in [0.15, 0.2) is 18.2 Å². The van der Waals surface area contributed by atoms with Crippen molar-refractivity contribution in [1.29, 1.82) is 0 Å². The van der Waals surface area contributed by atoms with Crippen LogP contribution < -0.4 is 5.32 Å². The van der Waals surface area contributed by atoms with Gasteiger partial charge in [-0.2, -0.15) is 0 Å². The zero-order chi connectivity index (χ0) is 12.3. The molecule has 2 heteroatoms. The summed E-state index contributed by atoms with van der Waals surface area (Å²) in [5.41, 5.74) is 2.65. The molecule has 0 aromatic heterocycles. The number of benzene rings is 1. The normalized spacial score (nSPS) is 17.1. The molecule has 1 nitrogen and oxygen atoms in total. The van der Waals surface area contributed by atoms with Crippen molar-refractivity contribution in [2.75, 3.05) is 0 Å². The lowest BCUT2D eigenvalue weighted by molar-refractivity contribution is 0.444. The molecule has 1 fully saturated rings. The van der Waals surface area contributed by atoms with Crippen molar-refractivity contribution < 1.29 is 0 Å². The fourth-order valence-corrected chi connectivity index (χ4v) is 2.49. The van der Waals surface area contributed by atoms with Gasteiger partial charge >= 0.3 is 0 Å². The molecular formula is C15H22ClN. The second-order valence-electron chi connectivity index (χ2n) is 5.24. The van der Waals surface area contributed by atoms with Gasteiger partial charge in [-0.1, -0.05) is 37.4 Å². The third kappa shape index (κ3) is 4.01. The second kappa shape index (κ2) is 5.88. The van der Waals surface area contributed by atoms with E-state index in [0.717, 1.165) is 17.5 Å².